The lowest BCUT2D eigenvalue weighted by atomic mass is 9.70. The average Bonchev–Trinajstić information content (AvgIpc) is 2.67. The Labute approximate surface area is 105 Å². The van der Waals surface area contributed by atoms with E-state index < -0.39 is 5.60 Å². The van der Waals surface area contributed by atoms with Crippen LogP contribution in [-0.4, -0.2) is 22.9 Å². The molecule has 2 bridgehead atoms. The Morgan fingerprint density at radius 1 is 1.18 bits per heavy atom. The monoisotopic (exact) mass is 238 g/mol. The minimum Gasteiger partial charge on any atom is -0.387 e. The lowest BCUT2D eigenvalue weighted by Crippen LogP contribution is -2.47. The highest BCUT2D eigenvalue weighted by atomic mass is 16.5. The molecule has 1 saturated carbocycles. The number of aliphatic hydroxyl groups is 1. The fourth-order valence-corrected chi connectivity index (χ4v) is 4.92. The molecule has 0 amide bonds. The second kappa shape index (κ2) is 3.48. The second-order valence-electron chi connectivity index (χ2n) is 7.42. The Balaban J connectivity index is 1.98. The minimum absolute atomic E-state index is 0.0844. The summed E-state index contributed by atoms with van der Waals surface area (Å²) in [5.41, 5.74) is -0.267. The van der Waals surface area contributed by atoms with Crippen LogP contribution < -0.4 is 0 Å². The van der Waals surface area contributed by atoms with E-state index in [1.807, 2.05) is 6.92 Å². The third-order valence-electron chi connectivity index (χ3n) is 5.99. The summed E-state index contributed by atoms with van der Waals surface area (Å²) in [6.45, 7) is 9.04. The Morgan fingerprint density at radius 3 is 2.53 bits per heavy atom. The Kier molecular flexibility index (Phi) is 2.45. The Morgan fingerprint density at radius 2 is 1.88 bits per heavy atom. The third-order valence-corrected chi connectivity index (χ3v) is 5.99. The lowest BCUT2D eigenvalue weighted by Gasteiger charge is -2.39. The van der Waals surface area contributed by atoms with Gasteiger partial charge in [0.1, 0.15) is 0 Å². The van der Waals surface area contributed by atoms with Crippen LogP contribution in [0.2, 0.25) is 0 Å². The summed E-state index contributed by atoms with van der Waals surface area (Å²) in [5.74, 6) is 2.02. The average molecular weight is 238 g/mol. The maximum Gasteiger partial charge on any atom is 0.0900 e. The van der Waals surface area contributed by atoms with E-state index in [1.54, 1.807) is 0 Å². The molecule has 0 aromatic rings. The first-order valence-electron chi connectivity index (χ1n) is 7.24. The molecule has 0 spiro atoms. The lowest BCUT2D eigenvalue weighted by molar-refractivity contribution is -0.152. The van der Waals surface area contributed by atoms with E-state index in [0.717, 1.165) is 18.8 Å². The molecule has 2 aliphatic heterocycles. The smallest absolute Gasteiger partial charge is 0.0900 e. The molecule has 1 aliphatic carbocycles. The third kappa shape index (κ3) is 1.46. The molecule has 1 N–H and O–H groups in total. The summed E-state index contributed by atoms with van der Waals surface area (Å²) >= 11 is 0. The van der Waals surface area contributed by atoms with Crippen LogP contribution in [0.4, 0.5) is 0 Å². The first kappa shape index (κ1) is 12.0. The molecule has 4 unspecified atom stereocenters. The highest BCUT2D eigenvalue weighted by Crippen LogP contribution is 2.63. The highest BCUT2D eigenvalue weighted by Gasteiger charge is 2.65. The number of hydrogen-bond acceptors (Lipinski definition) is 2. The van der Waals surface area contributed by atoms with Crippen LogP contribution in [0, 0.1) is 23.2 Å². The molecule has 2 heterocycles. The first-order valence-corrected chi connectivity index (χ1v) is 7.24. The van der Waals surface area contributed by atoms with Gasteiger partial charge in [0.25, 0.3) is 0 Å². The van der Waals surface area contributed by atoms with Crippen LogP contribution >= 0.6 is 0 Å². The van der Waals surface area contributed by atoms with Crippen molar-refractivity contribution < 1.29 is 9.84 Å². The van der Waals surface area contributed by atoms with Gasteiger partial charge in [0.05, 0.1) is 17.8 Å². The molecule has 3 fully saturated rings. The largest absolute Gasteiger partial charge is 0.387 e. The van der Waals surface area contributed by atoms with Gasteiger partial charge in [0.15, 0.2) is 0 Å². The van der Waals surface area contributed by atoms with Crippen molar-refractivity contribution in [3.63, 3.8) is 0 Å². The molecule has 2 nitrogen and oxygen atoms in total. The van der Waals surface area contributed by atoms with E-state index in [-0.39, 0.29) is 6.10 Å². The van der Waals surface area contributed by atoms with E-state index in [0.29, 0.717) is 23.4 Å². The SMILES string of the molecule is CC(C)C1CC[C@@]2(C)C3CC[C@@](C)(O)C(O3)C12. The predicted molar refractivity (Wildman–Crippen MR) is 67.7 cm³/mol. The van der Waals surface area contributed by atoms with Gasteiger partial charge in [-0.1, -0.05) is 20.8 Å². The van der Waals surface area contributed by atoms with Crippen LogP contribution in [0.25, 0.3) is 0 Å². The van der Waals surface area contributed by atoms with E-state index in [2.05, 4.69) is 20.8 Å². The summed E-state index contributed by atoms with van der Waals surface area (Å²) in [6.07, 6.45) is 5.06. The van der Waals surface area contributed by atoms with E-state index in [9.17, 15) is 5.11 Å². The van der Waals surface area contributed by atoms with Crippen molar-refractivity contribution in [3.05, 3.63) is 0 Å². The number of rotatable bonds is 1. The normalized spacial score (nSPS) is 57.5. The zero-order chi connectivity index (χ0) is 12.4. The van der Waals surface area contributed by atoms with Crippen molar-refractivity contribution in [3.8, 4) is 0 Å². The molecule has 2 heteroatoms. The summed E-state index contributed by atoms with van der Waals surface area (Å²) in [7, 11) is 0. The first-order chi connectivity index (χ1) is 7.86. The van der Waals surface area contributed by atoms with Crippen LogP contribution in [0.3, 0.4) is 0 Å². The van der Waals surface area contributed by atoms with E-state index in [1.165, 1.54) is 12.8 Å². The van der Waals surface area contributed by atoms with Crippen molar-refractivity contribution in [2.45, 2.75) is 71.2 Å². The quantitative estimate of drug-likeness (QED) is 0.761. The summed E-state index contributed by atoms with van der Waals surface area (Å²) < 4.78 is 6.21. The standard InChI is InChI=1S/C15H26O2/c1-9(2)10-5-7-14(3)11-6-8-15(4,16)13(17-11)12(10)14/h9-13,16H,5-8H2,1-4H3/t10?,11?,12?,13?,14-,15+/m0/s1. The number of hydrogen-bond donors (Lipinski definition) is 1. The molecular weight excluding hydrogens is 212 g/mol. The molecule has 0 radical (unpaired) electrons. The topological polar surface area (TPSA) is 29.5 Å². The molecule has 17 heavy (non-hydrogen) atoms. The van der Waals surface area contributed by atoms with Crippen molar-refractivity contribution in [1.29, 1.82) is 0 Å². The molecule has 2 saturated heterocycles. The second-order valence-corrected chi connectivity index (χ2v) is 7.42. The molecule has 0 aromatic carbocycles. The van der Waals surface area contributed by atoms with Gasteiger partial charge in [0.2, 0.25) is 0 Å². The maximum atomic E-state index is 10.6. The van der Waals surface area contributed by atoms with Gasteiger partial charge in [-0.05, 0) is 55.8 Å². The van der Waals surface area contributed by atoms with Crippen LogP contribution in [0.15, 0.2) is 0 Å². The zero-order valence-electron chi connectivity index (χ0n) is 11.6. The molecule has 98 valence electrons. The fraction of sp³-hybridized carbons (Fsp3) is 1.00. The van der Waals surface area contributed by atoms with Gasteiger partial charge in [0, 0.05) is 0 Å². The summed E-state index contributed by atoms with van der Waals surface area (Å²) in [4.78, 5) is 0. The van der Waals surface area contributed by atoms with Gasteiger partial charge in [-0.25, -0.2) is 0 Å². The molecule has 6 atom stereocenters. The van der Waals surface area contributed by atoms with E-state index >= 15 is 0 Å². The Bertz CT molecular complexity index is 323. The fourth-order valence-electron chi connectivity index (χ4n) is 4.92. The highest BCUT2D eigenvalue weighted by molar-refractivity contribution is 5.13. The van der Waals surface area contributed by atoms with Gasteiger partial charge < -0.3 is 9.84 Å². The summed E-state index contributed by atoms with van der Waals surface area (Å²) in [6, 6.07) is 0. The van der Waals surface area contributed by atoms with Crippen LogP contribution in [0.1, 0.15) is 53.4 Å². The molecule has 0 aromatic heterocycles. The van der Waals surface area contributed by atoms with Gasteiger partial charge in [-0.3, -0.25) is 0 Å². The minimum atomic E-state index is -0.601. The molecular formula is C15H26O2. The molecule has 3 rings (SSSR count). The zero-order valence-corrected chi connectivity index (χ0v) is 11.6. The van der Waals surface area contributed by atoms with Crippen molar-refractivity contribution >= 4 is 0 Å². The van der Waals surface area contributed by atoms with Gasteiger partial charge in [-0.2, -0.15) is 0 Å². The number of fused-ring (bicyclic) bond motifs is 5. The van der Waals surface area contributed by atoms with Crippen LogP contribution in [0.5, 0.6) is 0 Å². The van der Waals surface area contributed by atoms with Gasteiger partial charge in [-0.15, -0.1) is 0 Å². The van der Waals surface area contributed by atoms with Gasteiger partial charge >= 0.3 is 0 Å². The predicted octanol–water partition coefficient (Wildman–Crippen LogP) is 2.99. The van der Waals surface area contributed by atoms with Crippen molar-refractivity contribution in [1.82, 2.24) is 0 Å². The summed E-state index contributed by atoms with van der Waals surface area (Å²) in [5, 5.41) is 10.6. The van der Waals surface area contributed by atoms with Crippen LogP contribution in [-0.2, 0) is 4.74 Å². The van der Waals surface area contributed by atoms with Crippen molar-refractivity contribution in [2.75, 3.05) is 0 Å². The number of ether oxygens (including phenoxy) is 1. The van der Waals surface area contributed by atoms with Crippen molar-refractivity contribution in [2.24, 2.45) is 23.2 Å². The van der Waals surface area contributed by atoms with E-state index in [4.69, 9.17) is 4.74 Å². The maximum absolute atomic E-state index is 10.6. The Hall–Kier alpha value is -0.0800. The molecule has 3 aliphatic rings.